The van der Waals surface area contributed by atoms with Crippen LogP contribution in [0.2, 0.25) is 0 Å². The van der Waals surface area contributed by atoms with Crippen LogP contribution in [0.4, 0.5) is 0 Å². The molecule has 2 N–H and O–H groups in total. The van der Waals surface area contributed by atoms with Crippen molar-refractivity contribution in [2.45, 2.75) is 38.3 Å². The third-order valence-electron chi connectivity index (χ3n) is 4.22. The largest absolute Gasteiger partial charge is 0.465 e. The molecule has 2 aromatic heterocycles. The molecule has 0 fully saturated rings. The number of hydrogen-bond donors (Lipinski definition) is 2. The van der Waals surface area contributed by atoms with Crippen LogP contribution in [-0.2, 0) is 27.2 Å². The number of thioether (sulfide) groups is 1. The average Bonchev–Trinajstić information content (AvgIpc) is 2.96. The zero-order valence-electron chi connectivity index (χ0n) is 14.7. The average molecular weight is 396 g/mol. The molecular weight excluding hydrogens is 374 g/mol. The number of ether oxygens (including phenoxy) is 1. The number of thiophene rings is 1. The van der Waals surface area contributed by atoms with E-state index in [0.717, 1.165) is 41.4 Å². The summed E-state index contributed by atoms with van der Waals surface area (Å²) in [5, 5.41) is 3.60. The SMILES string of the molecule is CCOC(=O)CNC(=O)CSc1nc2sc3c(c2c(=O)[nH]1)CCC(C)C3. The number of hydrogen-bond acceptors (Lipinski definition) is 7. The van der Waals surface area contributed by atoms with E-state index in [4.69, 9.17) is 4.74 Å². The Bertz CT molecular complexity index is 890. The maximum absolute atomic E-state index is 12.5. The van der Waals surface area contributed by atoms with Crippen molar-refractivity contribution in [2.75, 3.05) is 18.9 Å². The predicted molar refractivity (Wildman–Crippen MR) is 102 cm³/mol. The zero-order valence-corrected chi connectivity index (χ0v) is 16.3. The first-order valence-electron chi connectivity index (χ1n) is 8.57. The van der Waals surface area contributed by atoms with Gasteiger partial charge in [0, 0.05) is 4.88 Å². The molecule has 7 nitrogen and oxygen atoms in total. The minimum atomic E-state index is -0.475. The molecule has 26 heavy (non-hydrogen) atoms. The second-order valence-electron chi connectivity index (χ2n) is 6.27. The number of carbonyl (C=O) groups is 2. The fraction of sp³-hybridized carbons (Fsp3) is 0.529. The summed E-state index contributed by atoms with van der Waals surface area (Å²) in [6.07, 6.45) is 3.01. The Morgan fingerprint density at radius 2 is 2.27 bits per heavy atom. The molecule has 1 atom stereocenters. The Kier molecular flexibility index (Phi) is 5.98. The highest BCUT2D eigenvalue weighted by molar-refractivity contribution is 7.99. The monoisotopic (exact) mass is 395 g/mol. The summed E-state index contributed by atoms with van der Waals surface area (Å²) in [4.78, 5) is 44.8. The molecule has 2 heterocycles. The third kappa shape index (κ3) is 4.27. The van der Waals surface area contributed by atoms with E-state index in [1.54, 1.807) is 18.3 Å². The number of aromatic nitrogens is 2. The van der Waals surface area contributed by atoms with Gasteiger partial charge in [-0.2, -0.15) is 0 Å². The second kappa shape index (κ2) is 8.22. The van der Waals surface area contributed by atoms with Gasteiger partial charge in [0.05, 0.1) is 17.7 Å². The Labute approximate surface area is 158 Å². The smallest absolute Gasteiger partial charge is 0.325 e. The third-order valence-corrected chi connectivity index (χ3v) is 6.24. The van der Waals surface area contributed by atoms with E-state index in [-0.39, 0.29) is 30.4 Å². The summed E-state index contributed by atoms with van der Waals surface area (Å²) in [5.74, 6) is -0.0930. The summed E-state index contributed by atoms with van der Waals surface area (Å²) < 4.78 is 4.75. The van der Waals surface area contributed by atoms with Gasteiger partial charge in [-0.3, -0.25) is 14.4 Å². The van der Waals surface area contributed by atoms with E-state index in [1.807, 2.05) is 0 Å². The lowest BCUT2D eigenvalue weighted by Crippen LogP contribution is -2.31. The van der Waals surface area contributed by atoms with Crippen LogP contribution in [0.5, 0.6) is 0 Å². The van der Waals surface area contributed by atoms with Crippen molar-refractivity contribution in [1.82, 2.24) is 15.3 Å². The van der Waals surface area contributed by atoms with E-state index in [2.05, 4.69) is 22.2 Å². The van der Waals surface area contributed by atoms with Gasteiger partial charge in [0.15, 0.2) is 5.16 Å². The predicted octanol–water partition coefficient (Wildman–Crippen LogP) is 1.88. The molecule has 0 aliphatic heterocycles. The topological polar surface area (TPSA) is 101 Å². The van der Waals surface area contributed by atoms with Crippen LogP contribution >= 0.6 is 23.1 Å². The van der Waals surface area contributed by atoms with Crippen LogP contribution in [0.1, 0.15) is 30.7 Å². The Morgan fingerprint density at radius 3 is 3.04 bits per heavy atom. The molecule has 0 aromatic carbocycles. The van der Waals surface area contributed by atoms with Crippen LogP contribution in [0.3, 0.4) is 0 Å². The molecule has 0 saturated heterocycles. The van der Waals surface area contributed by atoms with Gasteiger partial charge >= 0.3 is 5.97 Å². The fourth-order valence-electron chi connectivity index (χ4n) is 2.97. The van der Waals surface area contributed by atoms with Crippen molar-refractivity contribution in [2.24, 2.45) is 5.92 Å². The van der Waals surface area contributed by atoms with Crippen molar-refractivity contribution < 1.29 is 14.3 Å². The first-order valence-corrected chi connectivity index (χ1v) is 10.4. The highest BCUT2D eigenvalue weighted by Crippen LogP contribution is 2.36. The van der Waals surface area contributed by atoms with Gasteiger partial charge in [0.1, 0.15) is 11.4 Å². The highest BCUT2D eigenvalue weighted by atomic mass is 32.2. The molecule has 0 bridgehead atoms. The summed E-state index contributed by atoms with van der Waals surface area (Å²) in [5.41, 5.74) is 0.997. The number of aryl methyl sites for hydroxylation is 1. The molecule has 2 aromatic rings. The van der Waals surface area contributed by atoms with Crippen LogP contribution in [0.25, 0.3) is 10.2 Å². The van der Waals surface area contributed by atoms with Crippen molar-refractivity contribution in [3.8, 4) is 0 Å². The number of carbonyl (C=O) groups excluding carboxylic acids is 2. The Balaban J connectivity index is 1.67. The summed E-state index contributed by atoms with van der Waals surface area (Å²) in [6, 6.07) is 0. The van der Waals surface area contributed by atoms with E-state index >= 15 is 0 Å². The van der Waals surface area contributed by atoms with Gasteiger partial charge < -0.3 is 15.0 Å². The van der Waals surface area contributed by atoms with Gasteiger partial charge in [-0.1, -0.05) is 18.7 Å². The lowest BCUT2D eigenvalue weighted by molar-refractivity contribution is -0.143. The number of amides is 1. The van der Waals surface area contributed by atoms with E-state index < -0.39 is 5.97 Å². The van der Waals surface area contributed by atoms with Crippen LogP contribution in [0.15, 0.2) is 9.95 Å². The minimum absolute atomic E-state index is 0.0655. The first-order chi connectivity index (χ1) is 12.5. The maximum Gasteiger partial charge on any atom is 0.325 e. The summed E-state index contributed by atoms with van der Waals surface area (Å²) >= 11 is 2.72. The summed E-state index contributed by atoms with van der Waals surface area (Å²) in [7, 11) is 0. The number of esters is 1. The minimum Gasteiger partial charge on any atom is -0.465 e. The van der Waals surface area contributed by atoms with Crippen LogP contribution in [0, 0.1) is 5.92 Å². The molecule has 1 unspecified atom stereocenters. The molecule has 1 aliphatic carbocycles. The number of H-pyrrole nitrogens is 1. The first kappa shape index (κ1) is 18.9. The number of nitrogens with one attached hydrogen (secondary N) is 2. The van der Waals surface area contributed by atoms with E-state index in [0.29, 0.717) is 16.5 Å². The standard InChI is InChI=1S/C17H21N3O4S2/c1-3-24-13(22)7-18-12(21)8-25-17-19-15(23)14-10-5-4-9(2)6-11(10)26-16(14)20-17/h9H,3-8H2,1-2H3,(H,18,21)(H,19,20,23). The molecule has 0 radical (unpaired) electrons. The molecule has 140 valence electrons. The number of nitrogens with zero attached hydrogens (tertiary/aromatic N) is 1. The van der Waals surface area contributed by atoms with Gasteiger partial charge in [-0.05, 0) is 37.7 Å². The maximum atomic E-state index is 12.5. The van der Waals surface area contributed by atoms with Gasteiger partial charge in [-0.15, -0.1) is 11.3 Å². The van der Waals surface area contributed by atoms with Gasteiger partial charge in [0.25, 0.3) is 5.56 Å². The number of rotatable bonds is 6. The van der Waals surface area contributed by atoms with Crippen LogP contribution in [-0.4, -0.2) is 40.7 Å². The van der Waals surface area contributed by atoms with Crippen molar-refractivity contribution >= 4 is 45.2 Å². The van der Waals surface area contributed by atoms with Crippen molar-refractivity contribution in [3.05, 3.63) is 20.8 Å². The molecule has 1 amide bonds. The molecule has 0 spiro atoms. The number of fused-ring (bicyclic) bond motifs is 3. The lowest BCUT2D eigenvalue weighted by atomic mass is 9.89. The second-order valence-corrected chi connectivity index (χ2v) is 8.32. The fourth-order valence-corrected chi connectivity index (χ4v) is 5.10. The Morgan fingerprint density at radius 1 is 1.46 bits per heavy atom. The normalized spacial score (nSPS) is 16.3. The van der Waals surface area contributed by atoms with Crippen LogP contribution < -0.4 is 10.9 Å². The van der Waals surface area contributed by atoms with Crippen molar-refractivity contribution in [1.29, 1.82) is 0 Å². The lowest BCUT2D eigenvalue weighted by Gasteiger charge is -2.17. The highest BCUT2D eigenvalue weighted by Gasteiger charge is 2.23. The Hall–Kier alpha value is -1.87. The zero-order chi connectivity index (χ0) is 18.7. The van der Waals surface area contributed by atoms with E-state index in [1.165, 1.54) is 4.88 Å². The number of aromatic amines is 1. The molecule has 3 rings (SSSR count). The summed E-state index contributed by atoms with van der Waals surface area (Å²) in [6.45, 7) is 4.04. The quantitative estimate of drug-likeness (QED) is 0.440. The van der Waals surface area contributed by atoms with Gasteiger partial charge in [-0.25, -0.2) is 4.98 Å². The van der Waals surface area contributed by atoms with Crippen molar-refractivity contribution in [3.63, 3.8) is 0 Å². The molecule has 0 saturated carbocycles. The van der Waals surface area contributed by atoms with Gasteiger partial charge in [0.2, 0.25) is 5.91 Å². The molecule has 9 heteroatoms. The molecule has 1 aliphatic rings. The van der Waals surface area contributed by atoms with E-state index in [9.17, 15) is 14.4 Å². The molecular formula is C17H21N3O4S2.